The van der Waals surface area contributed by atoms with Gasteiger partial charge in [-0.05, 0) is 88.8 Å². The first kappa shape index (κ1) is 33.2. The molecule has 0 radical (unpaired) electrons. The van der Waals surface area contributed by atoms with Gasteiger partial charge in [-0.2, -0.15) is 0 Å². The molecule has 0 aromatic heterocycles. The average Bonchev–Trinajstić information content (AvgIpc) is 3.61. The zero-order chi connectivity index (χ0) is 28.4. The lowest BCUT2D eigenvalue weighted by Gasteiger charge is -2.67. The first-order valence-electron chi connectivity index (χ1n) is 14.0. The molecule has 5 unspecified atom stereocenters. The molecule has 0 aromatic rings. The van der Waals surface area contributed by atoms with E-state index in [1.807, 2.05) is 6.92 Å². The Morgan fingerprint density at radius 3 is 1.44 bits per heavy atom. The molecule has 5 atom stereocenters. The van der Waals surface area contributed by atoms with Gasteiger partial charge in [-0.1, -0.05) is 95.4 Å². The summed E-state index contributed by atoms with van der Waals surface area (Å²) in [4.78, 5) is 21.1. The first-order valence-corrected chi connectivity index (χ1v) is 20.1. The van der Waals surface area contributed by atoms with Gasteiger partial charge in [-0.3, -0.25) is 4.57 Å². The summed E-state index contributed by atoms with van der Waals surface area (Å²) in [6.07, 6.45) is 5.50. The highest BCUT2D eigenvalue weighted by atomic mass is 32.1. The van der Waals surface area contributed by atoms with E-state index in [-0.39, 0.29) is 38.2 Å². The summed E-state index contributed by atoms with van der Waals surface area (Å²) in [5, 5.41) is 10.9. The minimum Gasteiger partial charge on any atom is -0.387 e. The Balaban J connectivity index is 2.77. The minimum absolute atomic E-state index is 0.00324. The molecule has 0 spiro atoms. The largest absolute Gasteiger partial charge is 0.387 e. The zero-order valence-corrected chi connectivity index (χ0v) is 29.1. The van der Waals surface area contributed by atoms with E-state index in [2.05, 4.69) is 76.2 Å². The van der Waals surface area contributed by atoms with Crippen LogP contribution in [-0.2, 0) is 4.57 Å². The molecule has 0 amide bonds. The standard InChI is InChI=1S/C28H56O4P4/c1-14-21(5,6)18-22(7,8)27(13,23(9,15-2)19-25(11,17-4)36(30,31)32)24(10,16-3)20-26(12,29)28-33-35(28)34-28/h29H,14-20H2,1-13H3,(H2,30,31,32). The highest BCUT2D eigenvalue weighted by Crippen LogP contribution is 2.97. The molecule has 212 valence electrons. The molecule has 0 bridgehead atoms. The maximum absolute atomic E-state index is 12.9. The molecule has 36 heavy (non-hydrogen) atoms. The van der Waals surface area contributed by atoms with Gasteiger partial charge in [-0.25, -0.2) is 0 Å². The molecule has 0 aliphatic carbocycles. The Kier molecular flexibility index (Phi) is 9.07. The molecule has 8 heteroatoms. The third-order valence-corrected chi connectivity index (χ3v) is 25.1. The van der Waals surface area contributed by atoms with Crippen LogP contribution in [0.2, 0.25) is 0 Å². The molecule has 2 heterocycles. The van der Waals surface area contributed by atoms with E-state index in [0.717, 1.165) is 32.1 Å². The van der Waals surface area contributed by atoms with E-state index >= 15 is 0 Å². The summed E-state index contributed by atoms with van der Waals surface area (Å²) in [6, 6.07) is 0. The van der Waals surface area contributed by atoms with Crippen molar-refractivity contribution in [2.75, 3.05) is 0 Å². The van der Waals surface area contributed by atoms with E-state index in [4.69, 9.17) is 0 Å². The predicted molar refractivity (Wildman–Crippen MR) is 161 cm³/mol. The van der Waals surface area contributed by atoms with Crippen LogP contribution in [0.5, 0.6) is 0 Å². The van der Waals surface area contributed by atoms with Crippen molar-refractivity contribution < 1.29 is 19.5 Å². The van der Waals surface area contributed by atoms with Crippen molar-refractivity contribution in [2.24, 2.45) is 27.1 Å². The number of aliphatic hydroxyl groups is 1. The van der Waals surface area contributed by atoms with E-state index in [0.29, 0.717) is 12.8 Å². The van der Waals surface area contributed by atoms with Crippen LogP contribution in [0.3, 0.4) is 0 Å². The summed E-state index contributed by atoms with van der Waals surface area (Å²) in [5.41, 5.74) is -1.56. The van der Waals surface area contributed by atoms with E-state index < -0.39 is 18.4 Å². The normalized spacial score (nSPS) is 30.2. The van der Waals surface area contributed by atoms with Crippen molar-refractivity contribution in [3.8, 4) is 0 Å². The first-order chi connectivity index (χ1) is 15.9. The molecular formula is C28H56O4P4. The highest BCUT2D eigenvalue weighted by Gasteiger charge is 2.69. The number of hydrogen-bond acceptors (Lipinski definition) is 2. The van der Waals surface area contributed by atoms with Crippen LogP contribution in [0.15, 0.2) is 0 Å². The predicted octanol–water partition coefficient (Wildman–Crippen LogP) is 10.4. The maximum Gasteiger partial charge on any atom is 0.331 e. The Labute approximate surface area is 226 Å². The molecule has 0 saturated heterocycles. The van der Waals surface area contributed by atoms with Crippen molar-refractivity contribution in [1.29, 1.82) is 0 Å². The molecule has 2 aliphatic heterocycles. The van der Waals surface area contributed by atoms with E-state index in [9.17, 15) is 19.5 Å². The molecule has 0 aromatic carbocycles. The molecule has 2 rings (SSSR count). The lowest BCUT2D eigenvalue weighted by atomic mass is 9.38. The quantitative estimate of drug-likeness (QED) is 0.168. The second-order valence-electron chi connectivity index (χ2n) is 14.7. The fourth-order valence-electron chi connectivity index (χ4n) is 7.98. The van der Waals surface area contributed by atoms with Gasteiger partial charge in [0, 0.05) is 0 Å². The monoisotopic (exact) mass is 580 g/mol. The smallest absolute Gasteiger partial charge is 0.331 e. The summed E-state index contributed by atoms with van der Waals surface area (Å²) in [5.74, 6) is 0. The second-order valence-corrected chi connectivity index (χ2v) is 25.4. The van der Waals surface area contributed by atoms with Crippen LogP contribution in [-0.4, -0.2) is 30.3 Å². The van der Waals surface area contributed by atoms with Gasteiger partial charge in [0.15, 0.2) is 0 Å². The summed E-state index contributed by atoms with van der Waals surface area (Å²) >= 11 is 0. The highest BCUT2D eigenvalue weighted by molar-refractivity contribution is 8.45. The topological polar surface area (TPSA) is 77.8 Å². The Morgan fingerprint density at radius 1 is 0.722 bits per heavy atom. The van der Waals surface area contributed by atoms with Crippen molar-refractivity contribution >= 4 is 29.8 Å². The fraction of sp³-hybridized carbons (Fsp3) is 1.00. The van der Waals surface area contributed by atoms with Gasteiger partial charge < -0.3 is 14.9 Å². The van der Waals surface area contributed by atoms with Crippen LogP contribution >= 0.6 is 29.8 Å². The third-order valence-electron chi connectivity index (χ3n) is 11.6. The summed E-state index contributed by atoms with van der Waals surface area (Å²) < 4.78 is 13.0. The van der Waals surface area contributed by atoms with Crippen LogP contribution in [0.4, 0.5) is 0 Å². The van der Waals surface area contributed by atoms with Gasteiger partial charge in [0.25, 0.3) is 0 Å². The van der Waals surface area contributed by atoms with Gasteiger partial charge in [-0.15, -0.1) is 0 Å². The number of fused-ring (bicyclic) bond motifs is 1. The number of hydrogen-bond donors (Lipinski definition) is 3. The fourth-order valence-corrected chi connectivity index (χ4v) is 19.7. The van der Waals surface area contributed by atoms with E-state index in [1.165, 1.54) is 15.7 Å². The molecule has 2 aliphatic rings. The van der Waals surface area contributed by atoms with Crippen molar-refractivity contribution in [3.63, 3.8) is 0 Å². The Morgan fingerprint density at radius 2 is 1.14 bits per heavy atom. The summed E-state index contributed by atoms with van der Waals surface area (Å²) in [7, 11) is -1.39. The molecule has 0 fully saturated rings. The molecule has 4 nitrogen and oxygen atoms in total. The molecule has 3 N–H and O–H groups in total. The van der Waals surface area contributed by atoms with Crippen LogP contribution in [0.25, 0.3) is 0 Å². The lowest BCUT2D eigenvalue weighted by molar-refractivity contribution is -0.186. The van der Waals surface area contributed by atoms with Crippen molar-refractivity contribution in [3.05, 3.63) is 0 Å². The van der Waals surface area contributed by atoms with Crippen molar-refractivity contribution in [1.82, 2.24) is 0 Å². The van der Waals surface area contributed by atoms with Gasteiger partial charge >= 0.3 is 7.60 Å². The lowest BCUT2D eigenvalue weighted by Crippen LogP contribution is -2.61. The third kappa shape index (κ3) is 5.23. The SMILES string of the molecule is CCC(C)(C)CC(C)(C)C(C)(C(C)(CC)CC(C)(O)C12P=P1=P2)C(C)(CC)CC(C)(CC)P(=O)(O)O. The average molecular weight is 581 g/mol. The summed E-state index contributed by atoms with van der Waals surface area (Å²) in [6.45, 7) is 29.1. The molecule has 0 saturated carbocycles. The number of rotatable bonds is 15. The van der Waals surface area contributed by atoms with Crippen LogP contribution < -0.4 is 0 Å². The van der Waals surface area contributed by atoms with Crippen LogP contribution in [0.1, 0.15) is 135 Å². The van der Waals surface area contributed by atoms with Crippen LogP contribution in [0, 0.1) is 27.1 Å². The minimum atomic E-state index is -4.33. The second kappa shape index (κ2) is 9.83. The Hall–Kier alpha value is 1.01. The van der Waals surface area contributed by atoms with Gasteiger partial charge in [0.05, 0.1) is 10.8 Å². The molecular weight excluding hydrogens is 524 g/mol. The van der Waals surface area contributed by atoms with Gasteiger partial charge in [0.1, 0.15) is 4.64 Å². The van der Waals surface area contributed by atoms with E-state index in [1.54, 1.807) is 6.92 Å². The zero-order valence-electron chi connectivity index (χ0n) is 25.5. The van der Waals surface area contributed by atoms with Gasteiger partial charge in [0.2, 0.25) is 0 Å². The van der Waals surface area contributed by atoms with Crippen molar-refractivity contribution in [2.45, 2.75) is 150 Å². The maximum atomic E-state index is 12.9. The Bertz CT molecular complexity index is 978.